The smallest absolute Gasteiger partial charge is 0.307 e. The van der Waals surface area contributed by atoms with Gasteiger partial charge in [0, 0.05) is 6.04 Å². The van der Waals surface area contributed by atoms with Gasteiger partial charge in [-0.2, -0.15) is 0 Å². The summed E-state index contributed by atoms with van der Waals surface area (Å²) in [5, 5.41) is 0. The standard InChI is InChI=1S/C17H29NO2/c1-3-12-18-13-8-11-17(9-6-5-7-10-17)15(18)14-16(19)20-4-2/h5-6,15H,3-4,7-14H2,1-2H3. The van der Waals surface area contributed by atoms with Crippen LogP contribution < -0.4 is 0 Å². The minimum Gasteiger partial charge on any atom is -0.466 e. The molecule has 0 saturated carbocycles. The van der Waals surface area contributed by atoms with E-state index in [1.165, 1.54) is 25.7 Å². The van der Waals surface area contributed by atoms with Crippen LogP contribution in [0.2, 0.25) is 0 Å². The highest BCUT2D eigenvalue weighted by atomic mass is 16.5. The van der Waals surface area contributed by atoms with E-state index in [2.05, 4.69) is 24.0 Å². The molecule has 0 amide bonds. The molecule has 2 rings (SSSR count). The quantitative estimate of drug-likeness (QED) is 0.569. The molecule has 0 bridgehead atoms. The second-order valence-electron chi connectivity index (χ2n) is 6.24. The maximum Gasteiger partial charge on any atom is 0.307 e. The highest BCUT2D eigenvalue weighted by molar-refractivity contribution is 5.70. The second kappa shape index (κ2) is 7.26. The van der Waals surface area contributed by atoms with Gasteiger partial charge in [0.2, 0.25) is 0 Å². The molecular formula is C17H29NO2. The van der Waals surface area contributed by atoms with Crippen molar-refractivity contribution in [3.63, 3.8) is 0 Å². The van der Waals surface area contributed by atoms with Crippen LogP contribution in [0.25, 0.3) is 0 Å². The summed E-state index contributed by atoms with van der Waals surface area (Å²) in [5.41, 5.74) is 0.314. The lowest BCUT2D eigenvalue weighted by molar-refractivity contribution is -0.147. The fourth-order valence-corrected chi connectivity index (χ4v) is 4.06. The third kappa shape index (κ3) is 3.43. The Morgan fingerprint density at radius 1 is 1.35 bits per heavy atom. The fraction of sp³-hybridized carbons (Fsp3) is 0.824. The number of nitrogens with zero attached hydrogens (tertiary/aromatic N) is 1. The van der Waals surface area contributed by atoms with Gasteiger partial charge in [-0.15, -0.1) is 0 Å². The van der Waals surface area contributed by atoms with Gasteiger partial charge in [-0.25, -0.2) is 0 Å². The Kier molecular flexibility index (Phi) is 5.64. The van der Waals surface area contributed by atoms with Gasteiger partial charge in [-0.1, -0.05) is 19.1 Å². The lowest BCUT2D eigenvalue weighted by Gasteiger charge is -2.51. The summed E-state index contributed by atoms with van der Waals surface area (Å²) in [6, 6.07) is 0.375. The van der Waals surface area contributed by atoms with Crippen LogP contribution in [-0.2, 0) is 9.53 Å². The normalized spacial score (nSPS) is 30.6. The first-order valence-electron chi connectivity index (χ1n) is 8.26. The van der Waals surface area contributed by atoms with Crippen molar-refractivity contribution in [1.29, 1.82) is 0 Å². The predicted molar refractivity (Wildman–Crippen MR) is 81.6 cm³/mol. The monoisotopic (exact) mass is 279 g/mol. The summed E-state index contributed by atoms with van der Waals surface area (Å²) >= 11 is 0. The molecule has 0 aromatic rings. The summed E-state index contributed by atoms with van der Waals surface area (Å²) in [7, 11) is 0. The number of likely N-dealkylation sites (tertiary alicyclic amines) is 1. The Bertz CT molecular complexity index is 351. The van der Waals surface area contributed by atoms with E-state index in [1.807, 2.05) is 6.92 Å². The predicted octanol–water partition coefficient (Wildman–Crippen LogP) is 3.54. The number of esters is 1. The zero-order valence-electron chi connectivity index (χ0n) is 13.1. The van der Waals surface area contributed by atoms with Gasteiger partial charge < -0.3 is 4.74 Å². The first kappa shape index (κ1) is 15.6. The molecule has 0 aromatic heterocycles. The maximum atomic E-state index is 12.0. The summed E-state index contributed by atoms with van der Waals surface area (Å²) in [6.45, 7) is 6.86. The van der Waals surface area contributed by atoms with Gasteiger partial charge in [-0.3, -0.25) is 9.69 Å². The molecule has 3 nitrogen and oxygen atoms in total. The lowest BCUT2D eigenvalue weighted by Crippen LogP contribution is -2.53. The van der Waals surface area contributed by atoms with Gasteiger partial charge in [0.25, 0.3) is 0 Å². The van der Waals surface area contributed by atoms with Gasteiger partial charge in [-0.05, 0) is 64.0 Å². The zero-order valence-corrected chi connectivity index (χ0v) is 13.1. The van der Waals surface area contributed by atoms with Crippen molar-refractivity contribution < 1.29 is 9.53 Å². The van der Waals surface area contributed by atoms with Crippen LogP contribution >= 0.6 is 0 Å². The van der Waals surface area contributed by atoms with E-state index in [9.17, 15) is 4.79 Å². The topological polar surface area (TPSA) is 29.5 Å². The van der Waals surface area contributed by atoms with E-state index in [1.54, 1.807) is 0 Å². The molecule has 0 radical (unpaired) electrons. The lowest BCUT2D eigenvalue weighted by atomic mass is 9.65. The molecule has 0 aromatic carbocycles. The molecule has 114 valence electrons. The molecule has 1 spiro atoms. The third-order valence-corrected chi connectivity index (χ3v) is 4.94. The highest BCUT2D eigenvalue weighted by Gasteiger charge is 2.44. The first-order valence-corrected chi connectivity index (χ1v) is 8.26. The minimum atomic E-state index is -0.0190. The summed E-state index contributed by atoms with van der Waals surface area (Å²) in [4.78, 5) is 14.6. The Morgan fingerprint density at radius 3 is 2.85 bits per heavy atom. The van der Waals surface area contributed by atoms with E-state index in [-0.39, 0.29) is 5.97 Å². The highest BCUT2D eigenvalue weighted by Crippen LogP contribution is 2.46. The van der Waals surface area contributed by atoms with E-state index < -0.39 is 0 Å². The maximum absolute atomic E-state index is 12.0. The second-order valence-corrected chi connectivity index (χ2v) is 6.24. The number of carbonyl (C=O) groups is 1. The van der Waals surface area contributed by atoms with Crippen LogP contribution in [-0.4, -0.2) is 36.6 Å². The van der Waals surface area contributed by atoms with Gasteiger partial charge in [0.15, 0.2) is 0 Å². The Hall–Kier alpha value is -0.830. The molecule has 20 heavy (non-hydrogen) atoms. The molecule has 1 aliphatic heterocycles. The number of allylic oxidation sites excluding steroid dienone is 2. The van der Waals surface area contributed by atoms with Crippen molar-refractivity contribution in [2.24, 2.45) is 5.41 Å². The van der Waals surface area contributed by atoms with E-state index >= 15 is 0 Å². The van der Waals surface area contributed by atoms with Crippen LogP contribution in [0.1, 0.15) is 58.8 Å². The number of piperidine rings is 1. The van der Waals surface area contributed by atoms with Gasteiger partial charge >= 0.3 is 5.97 Å². The Balaban J connectivity index is 2.14. The zero-order chi connectivity index (χ0) is 14.4. The molecule has 3 heteroatoms. The molecule has 0 N–H and O–H groups in total. The van der Waals surface area contributed by atoms with Crippen LogP contribution in [0.15, 0.2) is 12.2 Å². The molecule has 2 unspecified atom stereocenters. The van der Waals surface area contributed by atoms with Crippen molar-refractivity contribution in [1.82, 2.24) is 4.90 Å². The van der Waals surface area contributed by atoms with Crippen LogP contribution in [0.5, 0.6) is 0 Å². The van der Waals surface area contributed by atoms with Crippen LogP contribution in [0.3, 0.4) is 0 Å². The van der Waals surface area contributed by atoms with E-state index in [0.29, 0.717) is 24.5 Å². The summed E-state index contributed by atoms with van der Waals surface area (Å²) in [5.74, 6) is -0.0190. The fourth-order valence-electron chi connectivity index (χ4n) is 4.06. The summed E-state index contributed by atoms with van der Waals surface area (Å²) < 4.78 is 5.22. The average Bonchev–Trinajstić information content (AvgIpc) is 2.44. The number of hydrogen-bond donors (Lipinski definition) is 0. The molecular weight excluding hydrogens is 250 g/mol. The van der Waals surface area contributed by atoms with Gasteiger partial charge in [0.1, 0.15) is 0 Å². The number of ether oxygens (including phenoxy) is 1. The summed E-state index contributed by atoms with van der Waals surface area (Å²) in [6.07, 6.45) is 12.4. The van der Waals surface area contributed by atoms with Crippen LogP contribution in [0.4, 0.5) is 0 Å². The van der Waals surface area contributed by atoms with E-state index in [0.717, 1.165) is 25.9 Å². The van der Waals surface area contributed by atoms with Crippen molar-refractivity contribution in [2.75, 3.05) is 19.7 Å². The molecule has 1 saturated heterocycles. The van der Waals surface area contributed by atoms with Crippen molar-refractivity contribution in [2.45, 2.75) is 64.8 Å². The van der Waals surface area contributed by atoms with Crippen molar-refractivity contribution in [3.8, 4) is 0 Å². The SMILES string of the molecule is CCCN1CCCC2(CC=CCC2)C1CC(=O)OCC. The average molecular weight is 279 g/mol. The third-order valence-electron chi connectivity index (χ3n) is 4.94. The Morgan fingerprint density at radius 2 is 2.20 bits per heavy atom. The molecule has 2 aliphatic rings. The van der Waals surface area contributed by atoms with E-state index in [4.69, 9.17) is 4.74 Å². The molecule has 1 heterocycles. The first-order chi connectivity index (χ1) is 9.72. The minimum absolute atomic E-state index is 0.0190. The largest absolute Gasteiger partial charge is 0.466 e. The number of hydrogen-bond acceptors (Lipinski definition) is 3. The molecule has 2 atom stereocenters. The van der Waals surface area contributed by atoms with Crippen LogP contribution in [0, 0.1) is 5.41 Å². The Labute approximate surface area is 123 Å². The number of rotatable bonds is 5. The molecule has 1 fully saturated rings. The number of carbonyl (C=O) groups excluding carboxylic acids is 1. The van der Waals surface area contributed by atoms with Gasteiger partial charge in [0.05, 0.1) is 13.0 Å². The van der Waals surface area contributed by atoms with Crippen molar-refractivity contribution >= 4 is 5.97 Å². The molecule has 1 aliphatic carbocycles. The van der Waals surface area contributed by atoms with Crippen molar-refractivity contribution in [3.05, 3.63) is 12.2 Å².